The van der Waals surface area contributed by atoms with Crippen molar-refractivity contribution in [1.82, 2.24) is 14.9 Å². The fourth-order valence-corrected chi connectivity index (χ4v) is 3.72. The van der Waals surface area contributed by atoms with Crippen LogP contribution in [-0.2, 0) is 5.75 Å². The van der Waals surface area contributed by atoms with Crippen molar-refractivity contribution in [3.05, 3.63) is 74.5 Å². The average Bonchev–Trinajstić information content (AvgIpc) is 2.93. The van der Waals surface area contributed by atoms with Crippen LogP contribution in [0.5, 0.6) is 0 Å². The summed E-state index contributed by atoms with van der Waals surface area (Å²) in [4.78, 5) is 0. The molecule has 0 atom stereocenters. The maximum Gasteiger partial charge on any atom is 0.212 e. The predicted octanol–water partition coefficient (Wildman–Crippen LogP) is 5.72. The number of aryl methyl sites for hydroxylation is 1. The lowest BCUT2D eigenvalue weighted by atomic mass is 10.2. The molecule has 0 aliphatic rings. The zero-order valence-electron chi connectivity index (χ0n) is 13.2. The van der Waals surface area contributed by atoms with E-state index in [4.69, 9.17) is 34.8 Å². The first kappa shape index (κ1) is 18.3. The summed E-state index contributed by atoms with van der Waals surface area (Å²) >= 11 is 19.8. The highest BCUT2D eigenvalue weighted by Crippen LogP contribution is 2.28. The van der Waals surface area contributed by atoms with Gasteiger partial charge in [0.25, 0.3) is 0 Å². The van der Waals surface area contributed by atoms with Crippen molar-refractivity contribution in [2.45, 2.75) is 17.8 Å². The molecule has 2 aromatic carbocycles. The molecule has 8 heteroatoms. The maximum atomic E-state index is 6.21. The zero-order valence-corrected chi connectivity index (χ0v) is 16.2. The second-order valence-electron chi connectivity index (χ2n) is 5.13. The van der Waals surface area contributed by atoms with E-state index in [1.165, 1.54) is 11.8 Å². The molecule has 0 saturated heterocycles. The molecule has 3 rings (SSSR count). The molecule has 0 aliphatic carbocycles. The fraction of sp³-hybridized carbons (Fsp3) is 0.118. The Morgan fingerprint density at radius 2 is 1.88 bits per heavy atom. The number of thioether (sulfide) groups is 1. The van der Waals surface area contributed by atoms with Crippen molar-refractivity contribution in [2.75, 3.05) is 0 Å². The zero-order chi connectivity index (χ0) is 17.8. The Morgan fingerprint density at radius 3 is 2.64 bits per heavy atom. The number of nitrogens with zero attached hydrogens (tertiary/aromatic N) is 4. The van der Waals surface area contributed by atoms with Gasteiger partial charge in [0.05, 0.1) is 6.21 Å². The van der Waals surface area contributed by atoms with Gasteiger partial charge in [-0.15, -0.1) is 10.2 Å². The maximum absolute atomic E-state index is 6.21. The summed E-state index contributed by atoms with van der Waals surface area (Å²) in [5.41, 5.74) is 1.80. The minimum Gasteiger partial charge on any atom is -0.192 e. The molecule has 0 amide bonds. The van der Waals surface area contributed by atoms with Crippen LogP contribution in [0.15, 0.2) is 52.7 Å². The standard InChI is InChI=1S/C17H13Cl3N4S/c1-11-22-23-17(25-10-13-6-7-14(18)8-16(13)20)24(11)21-9-12-4-2-3-5-15(12)19/h2-9H,10H2,1H3/b21-9+. The quantitative estimate of drug-likeness (QED) is 0.398. The van der Waals surface area contributed by atoms with Gasteiger partial charge in [-0.25, -0.2) is 0 Å². The van der Waals surface area contributed by atoms with Crippen LogP contribution in [0.1, 0.15) is 17.0 Å². The Kier molecular flexibility index (Phi) is 6.02. The van der Waals surface area contributed by atoms with Gasteiger partial charge >= 0.3 is 0 Å². The number of rotatable bonds is 5. The van der Waals surface area contributed by atoms with Crippen LogP contribution in [0, 0.1) is 6.92 Å². The van der Waals surface area contributed by atoms with Gasteiger partial charge in [-0.3, -0.25) is 0 Å². The van der Waals surface area contributed by atoms with E-state index >= 15 is 0 Å². The Labute approximate surface area is 164 Å². The lowest BCUT2D eigenvalue weighted by Crippen LogP contribution is -1.97. The van der Waals surface area contributed by atoms with E-state index < -0.39 is 0 Å². The highest BCUT2D eigenvalue weighted by molar-refractivity contribution is 7.98. The first-order valence-corrected chi connectivity index (χ1v) is 9.44. The van der Waals surface area contributed by atoms with Gasteiger partial charge in [-0.2, -0.15) is 9.78 Å². The molecule has 4 nitrogen and oxygen atoms in total. The summed E-state index contributed by atoms with van der Waals surface area (Å²) in [6.07, 6.45) is 1.69. The highest BCUT2D eigenvalue weighted by atomic mass is 35.5. The summed E-state index contributed by atoms with van der Waals surface area (Å²) in [7, 11) is 0. The molecular formula is C17H13Cl3N4S. The predicted molar refractivity (Wildman–Crippen MR) is 105 cm³/mol. The van der Waals surface area contributed by atoms with Crippen LogP contribution < -0.4 is 0 Å². The molecule has 0 fully saturated rings. The topological polar surface area (TPSA) is 43.1 Å². The van der Waals surface area contributed by atoms with Crippen molar-refractivity contribution in [3.63, 3.8) is 0 Å². The molecule has 0 N–H and O–H groups in total. The SMILES string of the molecule is Cc1nnc(SCc2ccc(Cl)cc2Cl)n1/N=C/c1ccccc1Cl. The third-order valence-electron chi connectivity index (χ3n) is 3.36. The number of halogens is 3. The summed E-state index contributed by atoms with van der Waals surface area (Å²) in [5, 5.41) is 15.3. The van der Waals surface area contributed by atoms with E-state index in [-0.39, 0.29) is 0 Å². The summed E-state index contributed by atoms with van der Waals surface area (Å²) in [6, 6.07) is 12.9. The number of hydrogen-bond acceptors (Lipinski definition) is 4. The molecule has 0 radical (unpaired) electrons. The van der Waals surface area contributed by atoms with E-state index in [0.717, 1.165) is 11.1 Å². The van der Waals surface area contributed by atoms with Crippen molar-refractivity contribution in [1.29, 1.82) is 0 Å². The third-order valence-corrected chi connectivity index (χ3v) is 5.26. The Bertz CT molecular complexity index is 924. The minimum atomic E-state index is 0.613. The van der Waals surface area contributed by atoms with E-state index in [9.17, 15) is 0 Å². The van der Waals surface area contributed by atoms with Crippen molar-refractivity contribution in [2.24, 2.45) is 5.10 Å². The van der Waals surface area contributed by atoms with Crippen LogP contribution in [0.25, 0.3) is 0 Å². The minimum absolute atomic E-state index is 0.613. The van der Waals surface area contributed by atoms with Crippen molar-refractivity contribution >= 4 is 52.8 Å². The molecule has 3 aromatic rings. The van der Waals surface area contributed by atoms with Gasteiger partial charge in [0, 0.05) is 26.4 Å². The Hall–Kier alpha value is -1.53. The lowest BCUT2D eigenvalue weighted by Gasteiger charge is -2.05. The monoisotopic (exact) mass is 410 g/mol. The largest absolute Gasteiger partial charge is 0.212 e. The van der Waals surface area contributed by atoms with Gasteiger partial charge in [0.15, 0.2) is 5.82 Å². The van der Waals surface area contributed by atoms with Gasteiger partial charge in [-0.05, 0) is 30.7 Å². The average molecular weight is 412 g/mol. The van der Waals surface area contributed by atoms with Crippen LogP contribution in [0.2, 0.25) is 15.1 Å². The van der Waals surface area contributed by atoms with Crippen molar-refractivity contribution < 1.29 is 0 Å². The summed E-state index contributed by atoms with van der Waals surface area (Å²) in [6.45, 7) is 1.84. The molecule has 1 aromatic heterocycles. The fourth-order valence-electron chi connectivity index (χ4n) is 2.04. The lowest BCUT2D eigenvalue weighted by molar-refractivity contribution is 0.744. The summed E-state index contributed by atoms with van der Waals surface area (Å²) in [5.74, 6) is 1.32. The molecule has 1 heterocycles. The second kappa shape index (κ2) is 8.23. The molecule has 0 unspecified atom stereocenters. The van der Waals surface area contributed by atoms with E-state index in [1.54, 1.807) is 17.0 Å². The molecule has 0 spiro atoms. The molecule has 0 saturated carbocycles. The molecule has 128 valence electrons. The smallest absolute Gasteiger partial charge is 0.192 e. The van der Waals surface area contributed by atoms with E-state index in [0.29, 0.717) is 31.8 Å². The van der Waals surface area contributed by atoms with Crippen LogP contribution >= 0.6 is 46.6 Å². The van der Waals surface area contributed by atoms with E-state index in [1.807, 2.05) is 43.3 Å². The van der Waals surface area contributed by atoms with Gasteiger partial charge in [-0.1, -0.05) is 70.8 Å². The van der Waals surface area contributed by atoms with Crippen LogP contribution in [0.4, 0.5) is 0 Å². The van der Waals surface area contributed by atoms with Gasteiger partial charge in [0.1, 0.15) is 0 Å². The first-order valence-electron chi connectivity index (χ1n) is 7.32. The molecule has 0 aliphatic heterocycles. The summed E-state index contributed by atoms with van der Waals surface area (Å²) < 4.78 is 1.68. The van der Waals surface area contributed by atoms with Crippen molar-refractivity contribution in [3.8, 4) is 0 Å². The van der Waals surface area contributed by atoms with E-state index in [2.05, 4.69) is 15.3 Å². The van der Waals surface area contributed by atoms with Gasteiger partial charge in [0.2, 0.25) is 5.16 Å². The number of aromatic nitrogens is 3. The second-order valence-corrected chi connectivity index (χ2v) is 7.33. The first-order chi connectivity index (χ1) is 12.0. The third kappa shape index (κ3) is 4.55. The van der Waals surface area contributed by atoms with Crippen LogP contribution in [-0.4, -0.2) is 21.1 Å². The molecule has 0 bridgehead atoms. The normalized spacial score (nSPS) is 11.4. The Balaban J connectivity index is 1.79. The number of benzene rings is 2. The van der Waals surface area contributed by atoms with Crippen LogP contribution in [0.3, 0.4) is 0 Å². The Morgan fingerprint density at radius 1 is 1.08 bits per heavy atom. The molecule has 25 heavy (non-hydrogen) atoms. The number of hydrogen-bond donors (Lipinski definition) is 0. The molecular weight excluding hydrogens is 399 g/mol. The highest BCUT2D eigenvalue weighted by Gasteiger charge is 2.10. The van der Waals surface area contributed by atoms with Gasteiger partial charge < -0.3 is 0 Å².